The molecule has 0 bridgehead atoms. The highest BCUT2D eigenvalue weighted by Gasteiger charge is 2.23. The highest BCUT2D eigenvalue weighted by atomic mass is 16.5. The first kappa shape index (κ1) is 20.7. The fraction of sp³-hybridized carbons (Fsp3) is 0.391. The number of piperazine rings is 1. The van der Waals surface area contributed by atoms with E-state index >= 15 is 0 Å². The van der Waals surface area contributed by atoms with Crippen LogP contribution in [0.2, 0.25) is 0 Å². The predicted octanol–water partition coefficient (Wildman–Crippen LogP) is 2.75. The van der Waals surface area contributed by atoms with E-state index in [1.807, 2.05) is 18.2 Å². The molecule has 0 N–H and O–H groups in total. The van der Waals surface area contributed by atoms with E-state index in [2.05, 4.69) is 36.9 Å². The van der Waals surface area contributed by atoms with E-state index in [0.717, 1.165) is 18.7 Å². The van der Waals surface area contributed by atoms with Crippen molar-refractivity contribution in [1.82, 2.24) is 4.90 Å². The maximum Gasteiger partial charge on any atom is 0.310 e. The number of aryl methyl sites for hydroxylation is 1. The number of carbonyl (C=O) groups excluding carboxylic acids is 2. The van der Waals surface area contributed by atoms with Crippen LogP contribution in [0.25, 0.3) is 0 Å². The molecule has 1 saturated heterocycles. The summed E-state index contributed by atoms with van der Waals surface area (Å²) in [5.74, 6) is 0.123. The van der Waals surface area contributed by atoms with E-state index < -0.39 is 5.97 Å². The van der Waals surface area contributed by atoms with Gasteiger partial charge in [0.05, 0.1) is 13.5 Å². The van der Waals surface area contributed by atoms with Crippen LogP contribution in [0.3, 0.4) is 0 Å². The average Bonchev–Trinajstić information content (AvgIpc) is 2.74. The summed E-state index contributed by atoms with van der Waals surface area (Å²) in [6, 6.07) is 13.6. The van der Waals surface area contributed by atoms with Crippen LogP contribution in [0.5, 0.6) is 5.75 Å². The van der Waals surface area contributed by atoms with E-state index in [1.54, 1.807) is 18.1 Å². The second-order valence-electron chi connectivity index (χ2n) is 7.28. The maximum atomic E-state index is 12.4. The fourth-order valence-electron chi connectivity index (χ4n) is 3.51. The van der Waals surface area contributed by atoms with Crippen molar-refractivity contribution >= 4 is 17.6 Å². The molecule has 1 fully saturated rings. The minimum atomic E-state index is -0.416. The number of ether oxygens (including phenoxy) is 2. The zero-order valence-electron chi connectivity index (χ0n) is 17.3. The Morgan fingerprint density at radius 2 is 1.72 bits per heavy atom. The molecule has 6 nitrogen and oxygen atoms in total. The summed E-state index contributed by atoms with van der Waals surface area (Å²) < 4.78 is 10.3. The largest absolute Gasteiger partial charge is 0.497 e. The second kappa shape index (κ2) is 9.45. The monoisotopic (exact) mass is 396 g/mol. The first-order chi connectivity index (χ1) is 14.0. The van der Waals surface area contributed by atoms with E-state index in [9.17, 15) is 9.59 Å². The lowest BCUT2D eigenvalue weighted by Gasteiger charge is -2.37. The van der Waals surface area contributed by atoms with Crippen molar-refractivity contribution in [1.29, 1.82) is 0 Å². The van der Waals surface area contributed by atoms with Crippen LogP contribution < -0.4 is 9.64 Å². The van der Waals surface area contributed by atoms with Gasteiger partial charge in [-0.15, -0.1) is 0 Å². The lowest BCUT2D eigenvalue weighted by molar-refractivity contribution is -0.151. The van der Waals surface area contributed by atoms with Crippen LogP contribution in [0.4, 0.5) is 5.69 Å². The fourth-order valence-corrected chi connectivity index (χ4v) is 3.51. The molecule has 0 aromatic heterocycles. The average molecular weight is 396 g/mol. The van der Waals surface area contributed by atoms with Crippen molar-refractivity contribution in [3.8, 4) is 5.75 Å². The Kier molecular flexibility index (Phi) is 6.75. The molecule has 2 aromatic rings. The molecule has 1 aliphatic rings. The van der Waals surface area contributed by atoms with Gasteiger partial charge < -0.3 is 19.3 Å². The normalized spacial score (nSPS) is 13.9. The number of carbonyl (C=O) groups is 2. The number of anilines is 1. The zero-order chi connectivity index (χ0) is 20.8. The highest BCUT2D eigenvalue weighted by Crippen LogP contribution is 2.23. The third kappa shape index (κ3) is 5.28. The number of esters is 1. The summed E-state index contributed by atoms with van der Waals surface area (Å²) in [6.45, 7) is 6.82. The molecule has 3 rings (SSSR count). The summed E-state index contributed by atoms with van der Waals surface area (Å²) in [6.07, 6.45) is 0.116. The predicted molar refractivity (Wildman–Crippen MR) is 112 cm³/mol. The molecular formula is C23H28N2O4. The molecule has 6 heteroatoms. The first-order valence-electron chi connectivity index (χ1n) is 9.85. The van der Waals surface area contributed by atoms with Crippen LogP contribution in [0.15, 0.2) is 42.5 Å². The van der Waals surface area contributed by atoms with E-state index in [4.69, 9.17) is 9.47 Å². The molecular weight excluding hydrogens is 368 g/mol. The summed E-state index contributed by atoms with van der Waals surface area (Å²) in [5.41, 5.74) is 4.56. The second-order valence-corrected chi connectivity index (χ2v) is 7.28. The Hall–Kier alpha value is -3.02. The topological polar surface area (TPSA) is 59.1 Å². The van der Waals surface area contributed by atoms with Gasteiger partial charge in [-0.05, 0) is 48.7 Å². The summed E-state index contributed by atoms with van der Waals surface area (Å²) >= 11 is 0. The zero-order valence-corrected chi connectivity index (χ0v) is 17.3. The first-order valence-corrected chi connectivity index (χ1v) is 9.85. The van der Waals surface area contributed by atoms with Crippen LogP contribution in [-0.2, 0) is 20.7 Å². The lowest BCUT2D eigenvalue weighted by atomic mass is 10.1. The number of amides is 1. The van der Waals surface area contributed by atoms with Gasteiger partial charge in [-0.2, -0.15) is 0 Å². The minimum absolute atomic E-state index is 0.116. The Labute approximate surface area is 172 Å². The Morgan fingerprint density at radius 1 is 1.00 bits per heavy atom. The van der Waals surface area contributed by atoms with Gasteiger partial charge in [-0.25, -0.2) is 0 Å². The van der Waals surface area contributed by atoms with Crippen molar-refractivity contribution in [2.75, 3.05) is 44.8 Å². The summed E-state index contributed by atoms with van der Waals surface area (Å²) in [5, 5.41) is 0. The van der Waals surface area contributed by atoms with Crippen molar-refractivity contribution in [3.63, 3.8) is 0 Å². The Balaban J connectivity index is 1.46. The number of methoxy groups -OCH3 is 1. The molecule has 154 valence electrons. The van der Waals surface area contributed by atoms with Gasteiger partial charge in [0.15, 0.2) is 6.61 Å². The molecule has 1 aliphatic heterocycles. The van der Waals surface area contributed by atoms with Gasteiger partial charge in [-0.1, -0.05) is 24.3 Å². The Bertz CT molecular complexity index is 873. The van der Waals surface area contributed by atoms with Crippen LogP contribution in [-0.4, -0.2) is 56.7 Å². The molecule has 0 atom stereocenters. The van der Waals surface area contributed by atoms with Gasteiger partial charge in [0.2, 0.25) is 0 Å². The van der Waals surface area contributed by atoms with Gasteiger partial charge in [0.25, 0.3) is 5.91 Å². The molecule has 0 spiro atoms. The van der Waals surface area contributed by atoms with Crippen molar-refractivity contribution < 1.29 is 19.1 Å². The number of nitrogens with zero attached hydrogens (tertiary/aromatic N) is 2. The number of benzene rings is 2. The van der Waals surface area contributed by atoms with Crippen LogP contribution >= 0.6 is 0 Å². The standard InChI is InChI=1S/C23H28N2O4/c1-17-6-4-9-21(18(17)2)24-10-12-25(13-11-24)22(26)16-29-23(27)15-19-7-5-8-20(14-19)28-3/h4-9,14H,10-13,15-16H2,1-3H3. The van der Waals surface area contributed by atoms with E-state index in [-0.39, 0.29) is 18.9 Å². The third-order valence-corrected chi connectivity index (χ3v) is 5.39. The summed E-state index contributed by atoms with van der Waals surface area (Å²) in [4.78, 5) is 28.6. The van der Waals surface area contributed by atoms with Crippen molar-refractivity contribution in [2.45, 2.75) is 20.3 Å². The smallest absolute Gasteiger partial charge is 0.310 e. The maximum absolute atomic E-state index is 12.4. The Morgan fingerprint density at radius 3 is 2.45 bits per heavy atom. The molecule has 2 aromatic carbocycles. The molecule has 0 radical (unpaired) electrons. The van der Waals surface area contributed by atoms with Crippen LogP contribution in [0, 0.1) is 13.8 Å². The number of hydrogen-bond donors (Lipinski definition) is 0. The molecule has 29 heavy (non-hydrogen) atoms. The molecule has 0 saturated carbocycles. The highest BCUT2D eigenvalue weighted by molar-refractivity contribution is 5.81. The van der Waals surface area contributed by atoms with Gasteiger partial charge in [-0.3, -0.25) is 9.59 Å². The number of rotatable bonds is 6. The van der Waals surface area contributed by atoms with Gasteiger partial charge in [0, 0.05) is 31.9 Å². The lowest BCUT2D eigenvalue weighted by Crippen LogP contribution is -2.50. The molecule has 0 aliphatic carbocycles. The molecule has 1 heterocycles. The number of hydrogen-bond acceptors (Lipinski definition) is 5. The van der Waals surface area contributed by atoms with Crippen LogP contribution in [0.1, 0.15) is 16.7 Å². The van der Waals surface area contributed by atoms with E-state index in [0.29, 0.717) is 18.8 Å². The third-order valence-electron chi connectivity index (χ3n) is 5.39. The van der Waals surface area contributed by atoms with Crippen molar-refractivity contribution in [3.05, 3.63) is 59.2 Å². The van der Waals surface area contributed by atoms with Gasteiger partial charge in [0.1, 0.15) is 5.75 Å². The minimum Gasteiger partial charge on any atom is -0.497 e. The summed E-state index contributed by atoms with van der Waals surface area (Å²) in [7, 11) is 1.58. The van der Waals surface area contributed by atoms with Gasteiger partial charge >= 0.3 is 5.97 Å². The molecule has 1 amide bonds. The molecule has 0 unspecified atom stereocenters. The van der Waals surface area contributed by atoms with E-state index in [1.165, 1.54) is 16.8 Å². The SMILES string of the molecule is COc1cccc(CC(=O)OCC(=O)N2CCN(c3cccc(C)c3C)CC2)c1. The quantitative estimate of drug-likeness (QED) is 0.703. The van der Waals surface area contributed by atoms with Crippen molar-refractivity contribution in [2.24, 2.45) is 0 Å².